The minimum absolute atomic E-state index is 0.157. The van der Waals surface area contributed by atoms with Crippen LogP contribution in [0.3, 0.4) is 0 Å². The number of H-pyrrole nitrogens is 1. The van der Waals surface area contributed by atoms with Crippen LogP contribution in [0.5, 0.6) is 5.75 Å². The van der Waals surface area contributed by atoms with Gasteiger partial charge in [-0.2, -0.15) is 0 Å². The van der Waals surface area contributed by atoms with E-state index in [0.29, 0.717) is 25.2 Å². The molecule has 0 spiro atoms. The van der Waals surface area contributed by atoms with Gasteiger partial charge in [-0.1, -0.05) is 48.5 Å². The molecular formula is C28H27N3O3. The molecule has 0 radical (unpaired) electrons. The zero-order chi connectivity index (χ0) is 23.5. The third-order valence-corrected chi connectivity index (χ3v) is 6.34. The summed E-state index contributed by atoms with van der Waals surface area (Å²) in [5.41, 5.74) is 5.70. The Morgan fingerprint density at radius 3 is 2.65 bits per heavy atom. The van der Waals surface area contributed by atoms with Crippen LogP contribution in [0.4, 0.5) is 0 Å². The molecule has 6 heteroatoms. The van der Waals surface area contributed by atoms with E-state index in [0.717, 1.165) is 51.9 Å². The standard InChI is InChI=1S/C28H27N3O3/c1-34-23-13-12-21-15-26(30-25(21)16-23)28(33)29-17-22-5-2-3-6-24(22)20-10-8-19(9-11-20)18-31-14-4-7-27(31)32/h2-3,5-6,8-13,15-16,30H,4,7,14,17-18H2,1H3,(H,29,33). The predicted molar refractivity (Wildman–Crippen MR) is 133 cm³/mol. The van der Waals surface area contributed by atoms with E-state index >= 15 is 0 Å². The number of methoxy groups -OCH3 is 1. The number of nitrogens with zero attached hydrogens (tertiary/aromatic N) is 1. The molecule has 0 unspecified atom stereocenters. The van der Waals surface area contributed by atoms with Crippen LogP contribution in [0.25, 0.3) is 22.0 Å². The number of carbonyl (C=O) groups excluding carboxylic acids is 2. The number of aromatic nitrogens is 1. The first-order valence-electron chi connectivity index (χ1n) is 11.5. The summed E-state index contributed by atoms with van der Waals surface area (Å²) in [4.78, 5) is 29.8. The van der Waals surface area contributed by atoms with Crippen molar-refractivity contribution in [1.82, 2.24) is 15.2 Å². The number of benzene rings is 3. The molecule has 1 fully saturated rings. The van der Waals surface area contributed by atoms with E-state index in [-0.39, 0.29) is 11.8 Å². The molecule has 0 atom stereocenters. The van der Waals surface area contributed by atoms with Gasteiger partial charge in [-0.3, -0.25) is 9.59 Å². The zero-order valence-corrected chi connectivity index (χ0v) is 19.1. The number of nitrogens with one attached hydrogen (secondary N) is 2. The maximum atomic E-state index is 12.8. The number of fused-ring (bicyclic) bond motifs is 1. The van der Waals surface area contributed by atoms with Crippen molar-refractivity contribution in [2.24, 2.45) is 0 Å². The summed E-state index contributed by atoms with van der Waals surface area (Å²) in [5, 5.41) is 3.99. The van der Waals surface area contributed by atoms with E-state index < -0.39 is 0 Å². The van der Waals surface area contributed by atoms with Gasteiger partial charge < -0.3 is 19.9 Å². The summed E-state index contributed by atoms with van der Waals surface area (Å²) in [6.45, 7) is 1.91. The minimum Gasteiger partial charge on any atom is -0.497 e. The van der Waals surface area contributed by atoms with Crippen molar-refractivity contribution in [2.45, 2.75) is 25.9 Å². The fraction of sp³-hybridized carbons (Fsp3) is 0.214. The summed E-state index contributed by atoms with van der Waals surface area (Å²) in [5.74, 6) is 0.822. The smallest absolute Gasteiger partial charge is 0.267 e. The molecule has 2 N–H and O–H groups in total. The van der Waals surface area contributed by atoms with Gasteiger partial charge in [0.25, 0.3) is 5.91 Å². The van der Waals surface area contributed by atoms with Gasteiger partial charge in [0, 0.05) is 43.0 Å². The number of hydrogen-bond donors (Lipinski definition) is 2. The van der Waals surface area contributed by atoms with Gasteiger partial charge in [0.2, 0.25) is 5.91 Å². The largest absolute Gasteiger partial charge is 0.497 e. The van der Waals surface area contributed by atoms with E-state index in [1.165, 1.54) is 0 Å². The van der Waals surface area contributed by atoms with Crippen LogP contribution in [-0.4, -0.2) is 35.4 Å². The molecule has 0 saturated carbocycles. The molecule has 5 rings (SSSR count). The predicted octanol–water partition coefficient (Wildman–Crippen LogP) is 4.90. The summed E-state index contributed by atoms with van der Waals surface area (Å²) in [6.07, 6.45) is 1.60. The number of ether oxygens (including phenoxy) is 1. The van der Waals surface area contributed by atoms with Crippen LogP contribution in [-0.2, 0) is 17.9 Å². The van der Waals surface area contributed by atoms with Gasteiger partial charge in [-0.05, 0) is 46.9 Å². The average molecular weight is 454 g/mol. The molecule has 0 bridgehead atoms. The number of likely N-dealkylation sites (tertiary alicyclic amines) is 1. The Morgan fingerprint density at radius 1 is 1.06 bits per heavy atom. The lowest BCUT2D eigenvalue weighted by atomic mass is 9.98. The van der Waals surface area contributed by atoms with Crippen molar-refractivity contribution < 1.29 is 14.3 Å². The van der Waals surface area contributed by atoms with Crippen molar-refractivity contribution in [2.75, 3.05) is 13.7 Å². The SMILES string of the molecule is COc1ccc2cc(C(=O)NCc3ccccc3-c3ccc(CN4CCCC4=O)cc3)[nH]c2c1. The number of hydrogen-bond acceptors (Lipinski definition) is 3. The first kappa shape index (κ1) is 21.8. The van der Waals surface area contributed by atoms with Crippen LogP contribution in [0, 0.1) is 0 Å². The second-order valence-corrected chi connectivity index (χ2v) is 8.59. The third kappa shape index (κ3) is 4.53. The van der Waals surface area contributed by atoms with Gasteiger partial charge in [0.15, 0.2) is 0 Å². The molecule has 1 aliphatic rings. The summed E-state index contributed by atoms with van der Waals surface area (Å²) in [7, 11) is 1.62. The van der Waals surface area contributed by atoms with Crippen LogP contribution in [0.1, 0.15) is 34.5 Å². The maximum Gasteiger partial charge on any atom is 0.267 e. The van der Waals surface area contributed by atoms with Gasteiger partial charge in [0.05, 0.1) is 7.11 Å². The Morgan fingerprint density at radius 2 is 1.88 bits per heavy atom. The van der Waals surface area contributed by atoms with E-state index in [2.05, 4.69) is 40.6 Å². The van der Waals surface area contributed by atoms with Gasteiger partial charge in [-0.25, -0.2) is 0 Å². The lowest BCUT2D eigenvalue weighted by Crippen LogP contribution is -2.23. The van der Waals surface area contributed by atoms with E-state index in [1.807, 2.05) is 47.4 Å². The van der Waals surface area contributed by atoms with Gasteiger partial charge in [0.1, 0.15) is 11.4 Å². The third-order valence-electron chi connectivity index (χ3n) is 6.34. The molecule has 1 aliphatic heterocycles. The van der Waals surface area contributed by atoms with Crippen molar-refractivity contribution >= 4 is 22.7 Å². The van der Waals surface area contributed by atoms with E-state index in [9.17, 15) is 9.59 Å². The van der Waals surface area contributed by atoms with Crippen LogP contribution < -0.4 is 10.1 Å². The molecular weight excluding hydrogens is 426 g/mol. The Kier molecular flexibility index (Phi) is 6.04. The van der Waals surface area contributed by atoms with Crippen LogP contribution >= 0.6 is 0 Å². The zero-order valence-electron chi connectivity index (χ0n) is 19.1. The lowest BCUT2D eigenvalue weighted by Gasteiger charge is -2.16. The second kappa shape index (κ2) is 9.43. The monoisotopic (exact) mass is 453 g/mol. The van der Waals surface area contributed by atoms with Crippen molar-refractivity contribution in [1.29, 1.82) is 0 Å². The fourth-order valence-corrected chi connectivity index (χ4v) is 4.46. The number of amides is 2. The van der Waals surface area contributed by atoms with E-state index in [4.69, 9.17) is 4.74 Å². The summed E-state index contributed by atoms with van der Waals surface area (Å²) in [6, 6.07) is 23.9. The Balaban J connectivity index is 1.28. The van der Waals surface area contributed by atoms with E-state index in [1.54, 1.807) is 7.11 Å². The van der Waals surface area contributed by atoms with Crippen LogP contribution in [0.2, 0.25) is 0 Å². The molecule has 34 heavy (non-hydrogen) atoms. The molecule has 1 aromatic heterocycles. The van der Waals surface area contributed by atoms with Crippen LogP contribution in [0.15, 0.2) is 72.8 Å². The highest BCUT2D eigenvalue weighted by atomic mass is 16.5. The molecule has 4 aromatic rings. The Labute approximate surface area is 198 Å². The molecule has 2 amide bonds. The highest BCUT2D eigenvalue weighted by molar-refractivity contribution is 5.98. The first-order chi connectivity index (χ1) is 16.6. The molecule has 2 heterocycles. The first-order valence-corrected chi connectivity index (χ1v) is 11.5. The molecule has 6 nitrogen and oxygen atoms in total. The molecule has 172 valence electrons. The molecule has 1 saturated heterocycles. The topological polar surface area (TPSA) is 74.4 Å². The van der Waals surface area contributed by atoms with Gasteiger partial charge in [-0.15, -0.1) is 0 Å². The number of rotatable bonds is 7. The minimum atomic E-state index is -0.157. The lowest BCUT2D eigenvalue weighted by molar-refractivity contribution is -0.128. The van der Waals surface area contributed by atoms with Gasteiger partial charge >= 0.3 is 0 Å². The molecule has 3 aromatic carbocycles. The highest BCUT2D eigenvalue weighted by Crippen LogP contribution is 2.26. The van der Waals surface area contributed by atoms with Crippen molar-refractivity contribution in [3.05, 3.63) is 89.6 Å². The number of aromatic amines is 1. The summed E-state index contributed by atoms with van der Waals surface area (Å²) >= 11 is 0. The summed E-state index contributed by atoms with van der Waals surface area (Å²) < 4.78 is 5.26. The Hall–Kier alpha value is -4.06. The number of carbonyl (C=O) groups is 2. The normalized spacial score (nSPS) is 13.4. The highest BCUT2D eigenvalue weighted by Gasteiger charge is 2.20. The molecule has 0 aliphatic carbocycles. The average Bonchev–Trinajstić information content (AvgIpc) is 3.48. The van der Waals surface area contributed by atoms with Crippen molar-refractivity contribution in [3.8, 4) is 16.9 Å². The maximum absolute atomic E-state index is 12.8. The Bertz CT molecular complexity index is 1340. The quantitative estimate of drug-likeness (QED) is 0.418. The second-order valence-electron chi connectivity index (χ2n) is 8.59. The fourth-order valence-electron chi connectivity index (χ4n) is 4.46. The van der Waals surface area contributed by atoms with Crippen molar-refractivity contribution in [3.63, 3.8) is 0 Å².